The first kappa shape index (κ1) is 75.1. The summed E-state index contributed by atoms with van der Waals surface area (Å²) in [5, 5.41) is 7.35. The average Bonchev–Trinajstić information content (AvgIpc) is 1.52. The molecule has 5 N–H and O–H groups in total. The Hall–Kier alpha value is -8.70. The molecule has 0 atom stereocenters. The number of hydrogen-bond acceptors (Lipinski definition) is 14. The summed E-state index contributed by atoms with van der Waals surface area (Å²) in [4.78, 5) is 89.9. The number of aromatic nitrogens is 8. The molecule has 6 aromatic heterocycles. The lowest BCUT2D eigenvalue weighted by atomic mass is 9.71. The van der Waals surface area contributed by atoms with Crippen molar-refractivity contribution in [1.29, 1.82) is 0 Å². The van der Waals surface area contributed by atoms with Gasteiger partial charge in [-0.1, -0.05) is 12.8 Å². The number of hydrogen-bond donors (Lipinski definition) is 4. The molecule has 8 aliphatic rings. The largest absolute Gasteiger partial charge is 0.382 e. The summed E-state index contributed by atoms with van der Waals surface area (Å²) in [5.74, 6) is -5.95. The quantitative estimate of drug-likeness (QED) is 0.0521. The zero-order valence-corrected chi connectivity index (χ0v) is 63.2. The molecular weight excluding hydrogens is 1460 g/mol. The van der Waals surface area contributed by atoms with Crippen LogP contribution in [0.2, 0.25) is 0 Å². The van der Waals surface area contributed by atoms with Crippen molar-refractivity contribution in [2.75, 3.05) is 47.0 Å². The molecule has 0 unspecified atom stereocenters. The molecule has 0 bridgehead atoms. The summed E-state index contributed by atoms with van der Waals surface area (Å²) in [7, 11) is 0. The fourth-order valence-electron chi connectivity index (χ4n) is 16.5. The van der Waals surface area contributed by atoms with E-state index in [1.54, 1.807) is 18.6 Å². The van der Waals surface area contributed by atoms with Gasteiger partial charge in [0.15, 0.2) is 29.1 Å². The van der Waals surface area contributed by atoms with Gasteiger partial charge in [0.1, 0.15) is 27.9 Å². The molecule has 568 valence electrons. The Morgan fingerprint density at radius 3 is 1.37 bits per heavy atom. The number of alkyl halides is 4. The number of piperidine rings is 2. The maximum atomic E-state index is 15.4. The van der Waals surface area contributed by atoms with E-state index < -0.39 is 75.5 Å². The van der Waals surface area contributed by atoms with Gasteiger partial charge in [-0.2, -0.15) is 0 Å². The van der Waals surface area contributed by atoms with Crippen LogP contribution in [0, 0.1) is 23.3 Å². The fraction of sp³-hybridized carbons (Fsp3) is 0.513. The Kier molecular flexibility index (Phi) is 19.5. The van der Waals surface area contributed by atoms with Crippen LogP contribution in [0.1, 0.15) is 203 Å². The van der Waals surface area contributed by atoms with Gasteiger partial charge in [0.25, 0.3) is 24.7 Å². The SMILES string of the molecule is CC(C)n1cnc2cc(-c3cnc4c(c3)N(C3CC(C)(N5CCCCC5)C3)C(=O)C4(C)C)nc(N)c21.CC(C)n1cnc2cc(-c3cnc4c(c3)N(C3CC(C)(N5CCCCC5)C3)C(=O)C4(C)C)nc(Nc3cc(C(=O)NC4(C(F)F)CC4)cc(F)c3F)c21.O=C(NC1(C(F)F)CC1)c1cc(F)c(F)c(Br)c1. The molecule has 16 rings (SSSR count). The molecule has 0 spiro atoms. The summed E-state index contributed by atoms with van der Waals surface area (Å²) in [6.45, 7) is 25.0. The number of nitrogen functional groups attached to an aromatic ring is 1. The number of nitrogens with one attached hydrogen (secondary N) is 3. The van der Waals surface area contributed by atoms with Crippen molar-refractivity contribution in [2.24, 2.45) is 0 Å². The summed E-state index contributed by atoms with van der Waals surface area (Å²) in [6.07, 6.45) is 13.3. The van der Waals surface area contributed by atoms with Gasteiger partial charge in [0.05, 0.1) is 78.8 Å². The molecular formula is C78H89BrF8N16O4. The van der Waals surface area contributed by atoms with Gasteiger partial charge >= 0.3 is 0 Å². The first-order chi connectivity index (χ1) is 50.6. The molecule has 20 nitrogen and oxygen atoms in total. The Balaban J connectivity index is 0.000000152. The van der Waals surface area contributed by atoms with Crippen molar-refractivity contribution in [3.8, 4) is 22.5 Å². The molecule has 2 aromatic carbocycles. The summed E-state index contributed by atoms with van der Waals surface area (Å²) >= 11 is 2.75. The van der Waals surface area contributed by atoms with Crippen molar-refractivity contribution >= 4 is 90.3 Å². The minimum atomic E-state index is -2.79. The minimum absolute atomic E-state index is 0.00636. The highest BCUT2D eigenvalue weighted by Gasteiger charge is 2.58. The van der Waals surface area contributed by atoms with E-state index in [4.69, 9.17) is 25.7 Å². The van der Waals surface area contributed by atoms with Crippen molar-refractivity contribution in [1.82, 2.24) is 59.5 Å². The van der Waals surface area contributed by atoms with Gasteiger partial charge in [-0.15, -0.1) is 0 Å². The number of carbonyl (C=O) groups excluding carboxylic acids is 4. The van der Waals surface area contributed by atoms with Crippen LogP contribution in [-0.2, 0) is 20.4 Å². The molecule has 29 heteroatoms. The number of halogens is 9. The maximum absolute atomic E-state index is 15.4. The number of fused-ring (bicyclic) bond motifs is 4. The van der Waals surface area contributed by atoms with Gasteiger partial charge in [-0.05, 0) is 237 Å². The first-order valence-corrected chi connectivity index (χ1v) is 37.7. The monoisotopic (exact) mass is 1540 g/mol. The number of imidazole rings is 2. The maximum Gasteiger partial charge on any atom is 0.261 e. The molecule has 4 aliphatic heterocycles. The molecule has 6 fully saturated rings. The molecule has 4 aliphatic carbocycles. The highest BCUT2D eigenvalue weighted by molar-refractivity contribution is 9.10. The summed E-state index contributed by atoms with van der Waals surface area (Å²) < 4.78 is 112. The van der Waals surface area contributed by atoms with E-state index in [2.05, 4.69) is 85.4 Å². The van der Waals surface area contributed by atoms with E-state index in [0.717, 1.165) is 90.3 Å². The molecule has 10 heterocycles. The van der Waals surface area contributed by atoms with E-state index in [0.29, 0.717) is 45.9 Å². The number of nitrogens with two attached hydrogens (primary N) is 1. The number of pyridine rings is 4. The van der Waals surface area contributed by atoms with E-state index in [1.165, 1.54) is 51.6 Å². The third-order valence-electron chi connectivity index (χ3n) is 23.4. The van der Waals surface area contributed by atoms with Crippen LogP contribution in [0.4, 0.5) is 63.8 Å². The van der Waals surface area contributed by atoms with Crippen molar-refractivity contribution in [2.45, 2.75) is 229 Å². The molecule has 2 saturated heterocycles. The van der Waals surface area contributed by atoms with Gasteiger partial charge in [-0.25, -0.2) is 55.1 Å². The van der Waals surface area contributed by atoms with Crippen molar-refractivity contribution in [3.05, 3.63) is 124 Å². The lowest BCUT2D eigenvalue weighted by Crippen LogP contribution is -2.64. The Bertz CT molecular complexity index is 4830. The topological polar surface area (TPSA) is 231 Å². The Morgan fingerprint density at radius 1 is 0.542 bits per heavy atom. The Labute approximate surface area is 623 Å². The van der Waals surface area contributed by atoms with E-state index in [9.17, 15) is 45.5 Å². The third-order valence-corrected chi connectivity index (χ3v) is 24.0. The second-order valence-electron chi connectivity index (χ2n) is 32.5. The second kappa shape index (κ2) is 27.8. The smallest absolute Gasteiger partial charge is 0.261 e. The standard InChI is InChI=1S/C39H44F4N8O2.C28H37N7O.C11H8BrF4NO/c1-21(2)50-20-45-28-16-26(46-33(31(28)50)47-27-14-22(13-25(40)30(27)41)34(52)48-39(9-10-39)35(42)43)23-15-29-32(44-19-23)37(3,4)36(53)51(29)24-17-38(5,18-24)49-11-7-6-8-12-49;1-17(2)34-16-31-21-12-20(32-25(29)23(21)34)18-11-22-24(30-15-18)27(3,4)26(36)35(22)19-13-28(5,14-19)33-9-7-6-8-10-33;12-6-3-5(4-7(13)8(6)14)9(18)17-11(1-2-11)10(15)16/h13-16,19-21,24,35H,6-12,17-18H2,1-5H3,(H,46,47)(H,48,52);11-12,15-17,19H,6-10,13-14H2,1-5H3,(H2,29,32);3-4,10H,1-2H2,(H,17,18). The van der Waals surface area contributed by atoms with Gasteiger partial charge in [0, 0.05) is 69.9 Å². The number of benzene rings is 2. The van der Waals surface area contributed by atoms with Crippen LogP contribution in [-0.4, -0.2) is 146 Å². The number of nitrogens with zero attached hydrogens (tertiary/aromatic N) is 12. The normalized spacial score (nSPS) is 23.2. The van der Waals surface area contributed by atoms with Crippen LogP contribution in [0.5, 0.6) is 0 Å². The third kappa shape index (κ3) is 13.6. The van der Waals surface area contributed by atoms with Gasteiger partial charge in [0.2, 0.25) is 11.8 Å². The zero-order chi connectivity index (χ0) is 76.5. The number of carbonyl (C=O) groups is 4. The van der Waals surface area contributed by atoms with E-state index >= 15 is 8.78 Å². The van der Waals surface area contributed by atoms with Gasteiger partial charge < -0.3 is 40.6 Å². The molecule has 4 amide bonds. The number of amides is 4. The lowest BCUT2D eigenvalue weighted by Gasteiger charge is -2.55. The molecule has 107 heavy (non-hydrogen) atoms. The van der Waals surface area contributed by atoms with Crippen LogP contribution < -0.4 is 31.5 Å². The van der Waals surface area contributed by atoms with Crippen molar-refractivity contribution < 1.29 is 54.3 Å². The second-order valence-corrected chi connectivity index (χ2v) is 33.3. The minimum Gasteiger partial charge on any atom is -0.382 e. The number of likely N-dealkylation sites (tertiary alicyclic amines) is 2. The first-order valence-electron chi connectivity index (χ1n) is 36.9. The zero-order valence-electron chi connectivity index (χ0n) is 61.6. The average molecular weight is 1550 g/mol. The van der Waals surface area contributed by atoms with Crippen LogP contribution >= 0.6 is 15.9 Å². The molecule has 0 radical (unpaired) electrons. The summed E-state index contributed by atoms with van der Waals surface area (Å²) in [6, 6.07) is 11.6. The predicted octanol–water partition coefficient (Wildman–Crippen LogP) is 15.6. The number of anilines is 5. The highest BCUT2D eigenvalue weighted by Crippen LogP contribution is 2.53. The van der Waals surface area contributed by atoms with Crippen molar-refractivity contribution in [3.63, 3.8) is 0 Å². The van der Waals surface area contributed by atoms with E-state index in [-0.39, 0.29) is 94.2 Å². The van der Waals surface area contributed by atoms with Crippen LogP contribution in [0.25, 0.3) is 44.6 Å². The van der Waals surface area contributed by atoms with Crippen LogP contribution in [0.3, 0.4) is 0 Å². The molecule has 4 saturated carbocycles. The molecule has 8 aromatic rings. The Morgan fingerprint density at radius 2 is 0.953 bits per heavy atom. The lowest BCUT2D eigenvalue weighted by molar-refractivity contribution is -0.124. The van der Waals surface area contributed by atoms with E-state index in [1.807, 2.05) is 85.1 Å². The number of rotatable bonds is 16. The highest BCUT2D eigenvalue weighted by atomic mass is 79.9. The predicted molar refractivity (Wildman–Crippen MR) is 396 cm³/mol. The van der Waals surface area contributed by atoms with Crippen LogP contribution in [0.15, 0.2) is 78.1 Å². The summed E-state index contributed by atoms with van der Waals surface area (Å²) in [5.41, 5.74) is 9.57. The van der Waals surface area contributed by atoms with Gasteiger partial charge in [-0.3, -0.25) is 38.9 Å². The fourth-order valence-corrected chi connectivity index (χ4v) is 17.0.